The Hall–Kier alpha value is -2.82. The third-order valence-corrected chi connectivity index (χ3v) is 5.14. The van der Waals surface area contributed by atoms with Gasteiger partial charge < -0.3 is 15.5 Å². The van der Waals surface area contributed by atoms with Crippen LogP contribution in [0.25, 0.3) is 0 Å². The van der Waals surface area contributed by atoms with Gasteiger partial charge in [0.15, 0.2) is 0 Å². The molecular weight excluding hydrogens is 314 g/mol. The first-order valence-corrected chi connectivity index (χ1v) is 8.75. The molecule has 2 aliphatic rings. The Balaban J connectivity index is 1.35. The molecule has 128 valence electrons. The van der Waals surface area contributed by atoms with E-state index in [1.165, 1.54) is 12.8 Å². The third kappa shape index (κ3) is 3.22. The van der Waals surface area contributed by atoms with E-state index in [1.807, 2.05) is 35.2 Å². The molecule has 2 fully saturated rings. The standard InChI is InChI=1S/C20H21N3O2/c24-19(21-16-6-2-1-3-7-16)14-9-11-17(12-10-14)22-20(25)23-13-15-5-4-8-18(15)23/h1-3,6-7,9-12,15,18H,4-5,8,13H2,(H,21,24)(H,22,25)/t15-,18-/m0/s1. The van der Waals surface area contributed by atoms with Crippen LogP contribution in [0, 0.1) is 5.92 Å². The molecule has 3 amide bonds. The van der Waals surface area contributed by atoms with Crippen molar-refractivity contribution in [2.75, 3.05) is 17.2 Å². The van der Waals surface area contributed by atoms with E-state index in [0.717, 1.165) is 18.7 Å². The van der Waals surface area contributed by atoms with Gasteiger partial charge in [-0.15, -0.1) is 0 Å². The fourth-order valence-corrected chi connectivity index (χ4v) is 3.75. The summed E-state index contributed by atoms with van der Waals surface area (Å²) in [6.07, 6.45) is 3.60. The van der Waals surface area contributed by atoms with Gasteiger partial charge in [-0.3, -0.25) is 4.79 Å². The minimum Gasteiger partial charge on any atom is -0.322 e. The van der Waals surface area contributed by atoms with Gasteiger partial charge in [-0.25, -0.2) is 4.79 Å². The summed E-state index contributed by atoms with van der Waals surface area (Å²) in [5, 5.41) is 5.77. The van der Waals surface area contributed by atoms with E-state index >= 15 is 0 Å². The summed E-state index contributed by atoms with van der Waals surface area (Å²) in [5.74, 6) is 0.537. The van der Waals surface area contributed by atoms with Crippen LogP contribution >= 0.6 is 0 Å². The van der Waals surface area contributed by atoms with Crippen LogP contribution in [0.3, 0.4) is 0 Å². The molecule has 25 heavy (non-hydrogen) atoms. The van der Waals surface area contributed by atoms with E-state index in [0.29, 0.717) is 23.2 Å². The molecule has 1 aliphatic heterocycles. The Morgan fingerprint density at radius 3 is 2.32 bits per heavy atom. The molecule has 1 aliphatic carbocycles. The molecule has 1 saturated heterocycles. The van der Waals surface area contributed by atoms with Gasteiger partial charge in [0.25, 0.3) is 5.91 Å². The summed E-state index contributed by atoms with van der Waals surface area (Å²) in [6.45, 7) is 0.869. The van der Waals surface area contributed by atoms with Crippen LogP contribution in [0.4, 0.5) is 16.2 Å². The SMILES string of the molecule is O=C(Nc1ccccc1)c1ccc(NC(=O)N2C[C@@H]3CCC[C@@H]32)cc1. The van der Waals surface area contributed by atoms with Crippen molar-refractivity contribution in [2.45, 2.75) is 25.3 Å². The second-order valence-electron chi connectivity index (χ2n) is 6.74. The topological polar surface area (TPSA) is 61.4 Å². The predicted molar refractivity (Wildman–Crippen MR) is 97.7 cm³/mol. The summed E-state index contributed by atoms with van der Waals surface area (Å²) in [7, 11) is 0. The minimum atomic E-state index is -0.166. The second kappa shape index (κ2) is 6.59. The number of hydrogen-bond donors (Lipinski definition) is 2. The average Bonchev–Trinajstić information content (AvgIpc) is 2.97. The number of fused-ring (bicyclic) bond motifs is 1. The molecule has 1 heterocycles. The molecule has 0 radical (unpaired) electrons. The highest BCUT2D eigenvalue weighted by molar-refractivity contribution is 6.04. The van der Waals surface area contributed by atoms with Crippen molar-refractivity contribution in [3.05, 3.63) is 60.2 Å². The number of rotatable bonds is 3. The van der Waals surface area contributed by atoms with E-state index in [1.54, 1.807) is 24.3 Å². The Morgan fingerprint density at radius 1 is 0.880 bits per heavy atom. The van der Waals surface area contributed by atoms with E-state index in [-0.39, 0.29) is 11.9 Å². The van der Waals surface area contributed by atoms with Crippen LogP contribution in [0.15, 0.2) is 54.6 Å². The molecule has 2 aromatic carbocycles. The molecule has 5 nitrogen and oxygen atoms in total. The maximum atomic E-state index is 12.3. The lowest BCUT2D eigenvalue weighted by molar-refractivity contribution is 0.0797. The molecule has 0 aromatic heterocycles. The Labute approximate surface area is 147 Å². The lowest BCUT2D eigenvalue weighted by atomic mass is 9.92. The quantitative estimate of drug-likeness (QED) is 0.892. The zero-order valence-corrected chi connectivity index (χ0v) is 13.9. The zero-order chi connectivity index (χ0) is 17.2. The van der Waals surface area contributed by atoms with Gasteiger partial charge >= 0.3 is 6.03 Å². The number of carbonyl (C=O) groups excluding carboxylic acids is 2. The normalized spacial score (nSPS) is 21.2. The highest BCUT2D eigenvalue weighted by Crippen LogP contribution is 2.39. The monoisotopic (exact) mass is 335 g/mol. The van der Waals surface area contributed by atoms with Crippen LogP contribution in [0.5, 0.6) is 0 Å². The Morgan fingerprint density at radius 2 is 1.60 bits per heavy atom. The Kier molecular flexibility index (Phi) is 4.14. The lowest BCUT2D eigenvalue weighted by Crippen LogP contribution is -2.57. The van der Waals surface area contributed by atoms with Crippen LogP contribution < -0.4 is 10.6 Å². The van der Waals surface area contributed by atoms with Gasteiger partial charge in [0.1, 0.15) is 0 Å². The van der Waals surface area contributed by atoms with Gasteiger partial charge in [0.05, 0.1) is 0 Å². The number of para-hydroxylation sites is 1. The van der Waals surface area contributed by atoms with Crippen molar-refractivity contribution >= 4 is 23.3 Å². The number of likely N-dealkylation sites (tertiary alicyclic amines) is 1. The number of carbonyl (C=O) groups is 2. The summed E-state index contributed by atoms with van der Waals surface area (Å²) >= 11 is 0. The molecule has 4 rings (SSSR count). The molecular formula is C20H21N3O2. The largest absolute Gasteiger partial charge is 0.322 e. The number of amides is 3. The molecule has 2 N–H and O–H groups in total. The third-order valence-electron chi connectivity index (χ3n) is 5.14. The summed E-state index contributed by atoms with van der Waals surface area (Å²) in [4.78, 5) is 26.5. The van der Waals surface area contributed by atoms with Crippen molar-refractivity contribution in [3.8, 4) is 0 Å². The van der Waals surface area contributed by atoms with Crippen molar-refractivity contribution in [2.24, 2.45) is 5.92 Å². The molecule has 0 unspecified atom stereocenters. The minimum absolute atomic E-state index is 0.0374. The maximum absolute atomic E-state index is 12.3. The summed E-state index contributed by atoms with van der Waals surface area (Å²) in [5.41, 5.74) is 2.03. The van der Waals surface area contributed by atoms with Crippen molar-refractivity contribution in [3.63, 3.8) is 0 Å². The van der Waals surface area contributed by atoms with Crippen molar-refractivity contribution in [1.82, 2.24) is 4.90 Å². The van der Waals surface area contributed by atoms with Gasteiger partial charge in [0, 0.05) is 29.5 Å². The molecule has 1 saturated carbocycles. The number of urea groups is 1. The first-order chi connectivity index (χ1) is 12.2. The summed E-state index contributed by atoms with van der Waals surface area (Å²) < 4.78 is 0. The van der Waals surface area contributed by atoms with Gasteiger partial charge in [-0.05, 0) is 55.2 Å². The van der Waals surface area contributed by atoms with E-state index in [4.69, 9.17) is 0 Å². The Bertz CT molecular complexity index is 773. The van der Waals surface area contributed by atoms with Crippen LogP contribution in [0.2, 0.25) is 0 Å². The number of benzene rings is 2. The van der Waals surface area contributed by atoms with E-state index < -0.39 is 0 Å². The zero-order valence-electron chi connectivity index (χ0n) is 13.9. The molecule has 0 spiro atoms. The number of hydrogen-bond acceptors (Lipinski definition) is 2. The van der Waals surface area contributed by atoms with E-state index in [2.05, 4.69) is 10.6 Å². The van der Waals surface area contributed by atoms with Crippen LogP contribution in [-0.2, 0) is 0 Å². The molecule has 5 heteroatoms. The lowest BCUT2D eigenvalue weighted by Gasteiger charge is -2.44. The van der Waals surface area contributed by atoms with Crippen molar-refractivity contribution < 1.29 is 9.59 Å². The molecule has 0 bridgehead atoms. The first-order valence-electron chi connectivity index (χ1n) is 8.75. The van der Waals surface area contributed by atoms with Gasteiger partial charge in [-0.1, -0.05) is 24.6 Å². The molecule has 2 atom stereocenters. The average molecular weight is 335 g/mol. The second-order valence-corrected chi connectivity index (χ2v) is 6.74. The molecule has 2 aromatic rings. The fraction of sp³-hybridized carbons (Fsp3) is 0.300. The smallest absolute Gasteiger partial charge is 0.322 e. The van der Waals surface area contributed by atoms with Crippen LogP contribution in [0.1, 0.15) is 29.6 Å². The number of anilines is 2. The van der Waals surface area contributed by atoms with Gasteiger partial charge in [0.2, 0.25) is 0 Å². The maximum Gasteiger partial charge on any atom is 0.322 e. The number of nitrogens with zero attached hydrogens (tertiary/aromatic N) is 1. The summed E-state index contributed by atoms with van der Waals surface area (Å²) in [6, 6.07) is 16.7. The van der Waals surface area contributed by atoms with E-state index in [9.17, 15) is 9.59 Å². The van der Waals surface area contributed by atoms with Crippen LogP contribution in [-0.4, -0.2) is 29.4 Å². The predicted octanol–water partition coefficient (Wildman–Crippen LogP) is 3.96. The first kappa shape index (κ1) is 15.7. The number of nitrogens with one attached hydrogen (secondary N) is 2. The fourth-order valence-electron chi connectivity index (χ4n) is 3.75. The van der Waals surface area contributed by atoms with Crippen molar-refractivity contribution in [1.29, 1.82) is 0 Å². The van der Waals surface area contributed by atoms with Gasteiger partial charge in [-0.2, -0.15) is 0 Å². The highest BCUT2D eigenvalue weighted by Gasteiger charge is 2.44. The highest BCUT2D eigenvalue weighted by atomic mass is 16.2.